The van der Waals surface area contributed by atoms with Crippen LogP contribution in [0.1, 0.15) is 70.6 Å². The molecule has 2 aromatic rings. The van der Waals surface area contributed by atoms with Crippen molar-refractivity contribution >= 4 is 34.9 Å². The first kappa shape index (κ1) is 33.8. The van der Waals surface area contributed by atoms with Crippen molar-refractivity contribution in [3.05, 3.63) is 70.0 Å². The van der Waals surface area contributed by atoms with Crippen LogP contribution >= 0.6 is 0 Å². The Balaban J connectivity index is 1.61. The van der Waals surface area contributed by atoms with E-state index in [0.29, 0.717) is 11.1 Å². The molecule has 1 fully saturated rings. The van der Waals surface area contributed by atoms with Gasteiger partial charge in [0.05, 0.1) is 19.1 Å². The highest BCUT2D eigenvalue weighted by atomic mass is 16.5. The van der Waals surface area contributed by atoms with E-state index in [1.54, 1.807) is 58.0 Å². The van der Waals surface area contributed by atoms with E-state index in [-0.39, 0.29) is 54.8 Å². The molecule has 0 aromatic heterocycles. The Morgan fingerprint density at radius 1 is 0.979 bits per heavy atom. The number of fused-ring (bicyclic) bond motifs is 3. The zero-order chi connectivity index (χ0) is 34.8. The molecule has 47 heavy (non-hydrogen) atoms. The maximum Gasteiger partial charge on any atom is 0.305 e. The lowest BCUT2D eigenvalue weighted by Crippen LogP contribution is -2.69. The predicted octanol–water partition coefficient (Wildman–Crippen LogP) is 4.92. The van der Waals surface area contributed by atoms with Gasteiger partial charge in [-0.15, -0.1) is 0 Å². The van der Waals surface area contributed by atoms with E-state index in [9.17, 15) is 44.4 Å². The number of phenolic OH excluding ortho intramolecular Hbond substituents is 1. The van der Waals surface area contributed by atoms with Gasteiger partial charge in [0.2, 0.25) is 5.78 Å². The highest BCUT2D eigenvalue weighted by molar-refractivity contribution is 6.24. The van der Waals surface area contributed by atoms with E-state index < -0.39 is 68.7 Å². The molecule has 0 heterocycles. The van der Waals surface area contributed by atoms with Crippen LogP contribution in [0, 0.1) is 22.7 Å². The summed E-state index contributed by atoms with van der Waals surface area (Å²) in [5.41, 5.74) is -3.50. The number of ether oxygens (including phenoxy) is 1. The molecule has 5 rings (SSSR count). The summed E-state index contributed by atoms with van der Waals surface area (Å²) in [5, 5.41) is 46.3. The average molecular weight is 645 g/mol. The van der Waals surface area contributed by atoms with Gasteiger partial charge in [-0.3, -0.25) is 24.0 Å². The SMILES string of the molecule is COC(=O)CCC(=O)Cc1ccc(-c2ccc(O)c3c2C[C@]2(C)C[C@]4(C)C(C(C)C)C(=O)C(C(C)=O)=C(O)[C@]4(O)C(=O)C2=C3O)cc1. The number of allylic oxidation sites excluding steroid dienone is 1. The molecule has 0 radical (unpaired) electrons. The van der Waals surface area contributed by atoms with Crippen LogP contribution in [-0.4, -0.2) is 62.2 Å². The number of benzene rings is 2. The lowest BCUT2D eigenvalue weighted by molar-refractivity contribution is -0.178. The normalized spacial score (nSPS) is 26.9. The molecule has 0 saturated heterocycles. The Morgan fingerprint density at radius 3 is 2.19 bits per heavy atom. The summed E-state index contributed by atoms with van der Waals surface area (Å²) < 4.78 is 4.60. The van der Waals surface area contributed by atoms with Crippen LogP contribution in [0.3, 0.4) is 0 Å². The van der Waals surface area contributed by atoms with Gasteiger partial charge in [-0.1, -0.05) is 58.0 Å². The summed E-state index contributed by atoms with van der Waals surface area (Å²) >= 11 is 0. The first-order chi connectivity index (χ1) is 21.9. The standard InChI is InChI=1S/C37H40O10/c1-18(2)29-31(42)27(19(3)38)33(44)37(46)34(45)30-32(43)28-24(16-35(30,4)17-36(29,37)5)23(12-13-25(28)40)21-9-7-20(8-10-21)15-22(39)11-14-26(41)47-6/h7-10,12-13,18,29,40,43-44,46H,11,14-17H2,1-6H3/t29?,35-,36-,37+/m1/s1. The Kier molecular flexibility index (Phi) is 8.33. The maximum absolute atomic E-state index is 14.5. The predicted molar refractivity (Wildman–Crippen MR) is 171 cm³/mol. The van der Waals surface area contributed by atoms with Crippen molar-refractivity contribution in [3.63, 3.8) is 0 Å². The Morgan fingerprint density at radius 2 is 1.62 bits per heavy atom. The second-order valence-corrected chi connectivity index (χ2v) is 13.9. The molecule has 0 amide bonds. The van der Waals surface area contributed by atoms with Crippen LogP contribution in [0.5, 0.6) is 5.75 Å². The molecule has 248 valence electrons. The van der Waals surface area contributed by atoms with Crippen molar-refractivity contribution in [1.29, 1.82) is 0 Å². The smallest absolute Gasteiger partial charge is 0.305 e. The molecule has 3 aliphatic carbocycles. The quantitative estimate of drug-likeness (QED) is 0.228. The summed E-state index contributed by atoms with van der Waals surface area (Å²) in [4.78, 5) is 64.5. The van der Waals surface area contributed by atoms with Crippen LogP contribution in [0.15, 0.2) is 53.3 Å². The second-order valence-electron chi connectivity index (χ2n) is 13.9. The van der Waals surface area contributed by atoms with Crippen LogP contribution in [0.2, 0.25) is 0 Å². The molecule has 0 aliphatic heterocycles. The van der Waals surface area contributed by atoms with E-state index in [2.05, 4.69) is 4.74 Å². The zero-order valence-electron chi connectivity index (χ0n) is 27.4. The van der Waals surface area contributed by atoms with Crippen molar-refractivity contribution in [2.24, 2.45) is 22.7 Å². The molecule has 1 saturated carbocycles. The molecule has 4 N–H and O–H groups in total. The number of ketones is 4. The van der Waals surface area contributed by atoms with Crippen molar-refractivity contribution in [1.82, 2.24) is 0 Å². The number of hydrogen-bond donors (Lipinski definition) is 4. The van der Waals surface area contributed by atoms with Gasteiger partial charge < -0.3 is 25.2 Å². The number of carbonyl (C=O) groups is 5. The molecule has 0 bridgehead atoms. The van der Waals surface area contributed by atoms with Crippen LogP contribution in [0.4, 0.5) is 0 Å². The minimum absolute atomic E-state index is 0.00362. The highest BCUT2D eigenvalue weighted by Crippen LogP contribution is 2.65. The van der Waals surface area contributed by atoms with E-state index in [4.69, 9.17) is 0 Å². The monoisotopic (exact) mass is 644 g/mol. The van der Waals surface area contributed by atoms with Gasteiger partial charge in [0, 0.05) is 35.2 Å². The van der Waals surface area contributed by atoms with E-state index in [0.717, 1.165) is 18.1 Å². The summed E-state index contributed by atoms with van der Waals surface area (Å²) in [7, 11) is 1.27. The number of hydrogen-bond acceptors (Lipinski definition) is 10. The molecule has 3 aliphatic rings. The molecule has 4 atom stereocenters. The number of aliphatic hydroxyl groups excluding tert-OH is 2. The molecule has 2 aromatic carbocycles. The minimum atomic E-state index is -2.67. The zero-order valence-corrected chi connectivity index (χ0v) is 27.4. The number of aromatic hydroxyl groups is 1. The van der Waals surface area contributed by atoms with Gasteiger partial charge >= 0.3 is 5.97 Å². The van der Waals surface area contributed by atoms with Gasteiger partial charge in [-0.2, -0.15) is 0 Å². The van der Waals surface area contributed by atoms with Gasteiger partial charge in [-0.05, 0) is 54.0 Å². The number of methoxy groups -OCH3 is 1. The maximum atomic E-state index is 14.5. The second kappa shape index (κ2) is 11.6. The third-order valence-electron chi connectivity index (χ3n) is 10.4. The summed E-state index contributed by atoms with van der Waals surface area (Å²) in [6.45, 7) is 7.93. The summed E-state index contributed by atoms with van der Waals surface area (Å²) in [6.07, 6.45) is 0.323. The van der Waals surface area contributed by atoms with Crippen molar-refractivity contribution < 1.29 is 49.1 Å². The van der Waals surface area contributed by atoms with Crippen molar-refractivity contribution in [3.8, 4) is 16.9 Å². The van der Waals surface area contributed by atoms with Crippen LogP contribution in [0.25, 0.3) is 16.9 Å². The lowest BCUT2D eigenvalue weighted by atomic mass is 9.43. The Labute approximate surface area is 272 Å². The molecular weight excluding hydrogens is 604 g/mol. The summed E-state index contributed by atoms with van der Waals surface area (Å²) in [5.74, 6) is -6.26. The summed E-state index contributed by atoms with van der Waals surface area (Å²) in [6, 6.07) is 10.3. The average Bonchev–Trinajstić information content (AvgIpc) is 2.98. The van der Waals surface area contributed by atoms with E-state index in [1.165, 1.54) is 13.2 Å². The number of esters is 1. The number of aliphatic hydroxyl groups is 3. The van der Waals surface area contributed by atoms with E-state index in [1.807, 2.05) is 0 Å². The Bertz CT molecular complexity index is 1800. The molecular formula is C37H40O10. The molecule has 10 heteroatoms. The molecule has 0 spiro atoms. The van der Waals surface area contributed by atoms with Crippen LogP contribution < -0.4 is 0 Å². The number of phenols is 1. The fraction of sp³-hybridized carbons (Fsp3) is 0.432. The van der Waals surface area contributed by atoms with Gasteiger partial charge in [0.15, 0.2) is 17.2 Å². The minimum Gasteiger partial charge on any atom is -0.508 e. The van der Waals surface area contributed by atoms with Gasteiger partial charge in [-0.25, -0.2) is 0 Å². The third-order valence-corrected chi connectivity index (χ3v) is 10.4. The van der Waals surface area contributed by atoms with Gasteiger partial charge in [0.25, 0.3) is 0 Å². The lowest BCUT2D eigenvalue weighted by Gasteiger charge is -2.59. The fourth-order valence-corrected chi connectivity index (χ4v) is 8.45. The number of rotatable bonds is 8. The third kappa shape index (κ3) is 5.01. The first-order valence-electron chi connectivity index (χ1n) is 15.7. The fourth-order valence-electron chi connectivity index (χ4n) is 8.45. The largest absolute Gasteiger partial charge is 0.508 e. The molecule has 1 unspecified atom stereocenters. The molecule has 10 nitrogen and oxygen atoms in total. The van der Waals surface area contributed by atoms with Crippen molar-refractivity contribution in [2.75, 3.05) is 7.11 Å². The van der Waals surface area contributed by atoms with Gasteiger partial charge in [0.1, 0.15) is 28.6 Å². The number of carbonyl (C=O) groups excluding carboxylic acids is 5. The highest BCUT2D eigenvalue weighted by Gasteiger charge is 2.72. The van der Waals surface area contributed by atoms with Crippen LogP contribution in [-0.2, 0) is 41.6 Å². The first-order valence-corrected chi connectivity index (χ1v) is 15.7. The topological polar surface area (TPSA) is 176 Å². The van der Waals surface area contributed by atoms with E-state index >= 15 is 0 Å². The number of Topliss-reactive ketones (excluding diaryl/α,β-unsaturated/α-hetero) is 4. The Hall–Kier alpha value is -4.57. The van der Waals surface area contributed by atoms with Crippen molar-refractivity contribution in [2.45, 2.75) is 72.3 Å².